The molecule has 2 rings (SSSR count). The van der Waals surface area contributed by atoms with Gasteiger partial charge in [0, 0.05) is 7.05 Å². The van der Waals surface area contributed by atoms with Gasteiger partial charge in [-0.25, -0.2) is 4.98 Å². The first-order valence-electron chi connectivity index (χ1n) is 5.28. The van der Waals surface area contributed by atoms with Crippen molar-refractivity contribution in [3.8, 4) is 5.88 Å². The van der Waals surface area contributed by atoms with Crippen LogP contribution in [0.25, 0.3) is 0 Å². The first kappa shape index (κ1) is 12.7. The van der Waals surface area contributed by atoms with Gasteiger partial charge in [-0.1, -0.05) is 0 Å². The Morgan fingerprint density at radius 3 is 2.89 bits per heavy atom. The van der Waals surface area contributed by atoms with Crippen molar-refractivity contribution in [2.75, 3.05) is 12.4 Å². The highest BCUT2D eigenvalue weighted by atomic mass is 79.9. The van der Waals surface area contributed by atoms with E-state index in [9.17, 15) is 0 Å². The molecule has 2 aromatic rings. The number of hydrogen-bond acceptors (Lipinski definition) is 6. The summed E-state index contributed by atoms with van der Waals surface area (Å²) in [5.41, 5.74) is 0. The van der Waals surface area contributed by atoms with E-state index in [1.807, 2.05) is 18.5 Å². The van der Waals surface area contributed by atoms with Crippen molar-refractivity contribution in [3.05, 3.63) is 22.8 Å². The number of anilines is 1. The zero-order valence-electron chi connectivity index (χ0n) is 10.3. The zero-order chi connectivity index (χ0) is 13.1. The minimum Gasteiger partial charge on any atom is -0.480 e. The SMILES string of the molecule is COc1nc(NC(C)c2nncn2C)ncc1Br. The molecule has 0 saturated carbocycles. The van der Waals surface area contributed by atoms with E-state index < -0.39 is 0 Å². The largest absolute Gasteiger partial charge is 0.480 e. The molecular formula is C10H13BrN6O. The van der Waals surface area contributed by atoms with E-state index in [1.54, 1.807) is 19.6 Å². The molecule has 1 N–H and O–H groups in total. The molecule has 96 valence electrons. The van der Waals surface area contributed by atoms with E-state index in [2.05, 4.69) is 41.4 Å². The highest BCUT2D eigenvalue weighted by Crippen LogP contribution is 2.23. The molecule has 0 radical (unpaired) electrons. The summed E-state index contributed by atoms with van der Waals surface area (Å²) in [6, 6.07) is -0.0524. The predicted octanol–water partition coefficient (Wildman–Crippen LogP) is 1.55. The van der Waals surface area contributed by atoms with E-state index >= 15 is 0 Å². The van der Waals surface area contributed by atoms with Crippen molar-refractivity contribution in [1.82, 2.24) is 24.7 Å². The molecule has 18 heavy (non-hydrogen) atoms. The quantitative estimate of drug-likeness (QED) is 0.923. The molecule has 0 aromatic carbocycles. The van der Waals surface area contributed by atoms with Crippen molar-refractivity contribution in [3.63, 3.8) is 0 Å². The molecule has 8 heteroatoms. The molecule has 1 atom stereocenters. The van der Waals surface area contributed by atoms with Crippen molar-refractivity contribution in [1.29, 1.82) is 0 Å². The number of aromatic nitrogens is 5. The van der Waals surface area contributed by atoms with Gasteiger partial charge in [-0.2, -0.15) is 4.98 Å². The molecule has 0 aliphatic rings. The number of rotatable bonds is 4. The zero-order valence-corrected chi connectivity index (χ0v) is 11.8. The van der Waals surface area contributed by atoms with Gasteiger partial charge in [0.05, 0.1) is 23.8 Å². The van der Waals surface area contributed by atoms with Gasteiger partial charge in [-0.3, -0.25) is 0 Å². The molecule has 2 heterocycles. The van der Waals surface area contributed by atoms with Crippen LogP contribution >= 0.6 is 15.9 Å². The topological polar surface area (TPSA) is 77.8 Å². The first-order chi connectivity index (χ1) is 8.61. The van der Waals surface area contributed by atoms with E-state index in [0.717, 1.165) is 5.82 Å². The van der Waals surface area contributed by atoms with Crippen LogP contribution in [-0.2, 0) is 7.05 Å². The molecule has 0 aliphatic carbocycles. The number of methoxy groups -OCH3 is 1. The van der Waals surface area contributed by atoms with Crippen LogP contribution in [0, 0.1) is 0 Å². The Balaban J connectivity index is 2.17. The van der Waals surface area contributed by atoms with Crippen LogP contribution in [0.1, 0.15) is 18.8 Å². The van der Waals surface area contributed by atoms with Gasteiger partial charge >= 0.3 is 0 Å². The van der Waals surface area contributed by atoms with Crippen molar-refractivity contribution in [2.45, 2.75) is 13.0 Å². The third-order valence-electron chi connectivity index (χ3n) is 2.38. The van der Waals surface area contributed by atoms with Crippen LogP contribution in [0.4, 0.5) is 5.95 Å². The molecule has 0 saturated heterocycles. The van der Waals surface area contributed by atoms with Crippen LogP contribution in [0.3, 0.4) is 0 Å². The van der Waals surface area contributed by atoms with Gasteiger partial charge in [-0.05, 0) is 22.9 Å². The lowest BCUT2D eigenvalue weighted by atomic mass is 10.3. The lowest BCUT2D eigenvalue weighted by Crippen LogP contribution is -2.14. The minimum absolute atomic E-state index is 0.0524. The number of nitrogens with zero attached hydrogens (tertiary/aromatic N) is 5. The monoisotopic (exact) mass is 312 g/mol. The number of aryl methyl sites for hydroxylation is 1. The summed E-state index contributed by atoms with van der Waals surface area (Å²) in [4.78, 5) is 8.38. The van der Waals surface area contributed by atoms with Gasteiger partial charge in [0.25, 0.3) is 0 Å². The Hall–Kier alpha value is -1.70. The predicted molar refractivity (Wildman–Crippen MR) is 69.3 cm³/mol. The summed E-state index contributed by atoms with van der Waals surface area (Å²) < 4.78 is 7.66. The molecule has 1 unspecified atom stereocenters. The van der Waals surface area contributed by atoms with Gasteiger partial charge in [-0.15, -0.1) is 10.2 Å². The summed E-state index contributed by atoms with van der Waals surface area (Å²) in [7, 11) is 3.44. The Labute approximate surface area is 113 Å². The molecule has 0 amide bonds. The molecule has 0 fully saturated rings. The number of nitrogens with one attached hydrogen (secondary N) is 1. The van der Waals surface area contributed by atoms with Gasteiger partial charge in [0.2, 0.25) is 11.8 Å². The fourth-order valence-corrected chi connectivity index (χ4v) is 1.86. The second-order valence-electron chi connectivity index (χ2n) is 3.72. The molecule has 2 aromatic heterocycles. The van der Waals surface area contributed by atoms with E-state index in [1.165, 1.54) is 0 Å². The lowest BCUT2D eigenvalue weighted by molar-refractivity contribution is 0.394. The number of ether oxygens (including phenoxy) is 1. The van der Waals surface area contributed by atoms with Gasteiger partial charge < -0.3 is 14.6 Å². The minimum atomic E-state index is -0.0524. The summed E-state index contributed by atoms with van der Waals surface area (Å²) >= 11 is 3.30. The van der Waals surface area contributed by atoms with E-state index in [-0.39, 0.29) is 6.04 Å². The van der Waals surface area contributed by atoms with Gasteiger partial charge in [0.1, 0.15) is 6.33 Å². The second-order valence-corrected chi connectivity index (χ2v) is 4.57. The van der Waals surface area contributed by atoms with Crippen LogP contribution in [-0.4, -0.2) is 31.8 Å². The highest BCUT2D eigenvalue weighted by Gasteiger charge is 2.13. The number of halogens is 1. The molecule has 7 nitrogen and oxygen atoms in total. The van der Waals surface area contributed by atoms with E-state index in [4.69, 9.17) is 4.74 Å². The van der Waals surface area contributed by atoms with Crippen LogP contribution in [0.5, 0.6) is 5.88 Å². The average Bonchev–Trinajstić information content (AvgIpc) is 2.78. The van der Waals surface area contributed by atoms with Crippen LogP contribution in [0.2, 0.25) is 0 Å². The Morgan fingerprint density at radius 1 is 1.50 bits per heavy atom. The summed E-state index contributed by atoms with van der Waals surface area (Å²) in [5, 5.41) is 11.0. The summed E-state index contributed by atoms with van der Waals surface area (Å²) in [6.07, 6.45) is 3.29. The number of hydrogen-bond donors (Lipinski definition) is 1. The fourth-order valence-electron chi connectivity index (χ4n) is 1.51. The standard InChI is InChI=1S/C10H13BrN6O/c1-6(8-16-13-5-17(8)2)14-10-12-4-7(11)9(15-10)18-3/h4-6H,1-3H3,(H,12,14,15). The summed E-state index contributed by atoms with van der Waals surface area (Å²) in [6.45, 7) is 1.96. The highest BCUT2D eigenvalue weighted by molar-refractivity contribution is 9.10. The third-order valence-corrected chi connectivity index (χ3v) is 2.93. The molecule has 0 aliphatic heterocycles. The maximum atomic E-state index is 5.11. The molecular weight excluding hydrogens is 300 g/mol. The molecule has 0 bridgehead atoms. The van der Waals surface area contributed by atoms with Crippen LogP contribution in [0.15, 0.2) is 17.0 Å². The smallest absolute Gasteiger partial charge is 0.232 e. The third kappa shape index (κ3) is 2.58. The van der Waals surface area contributed by atoms with E-state index in [0.29, 0.717) is 16.3 Å². The fraction of sp³-hybridized carbons (Fsp3) is 0.400. The van der Waals surface area contributed by atoms with Crippen molar-refractivity contribution in [2.24, 2.45) is 7.05 Å². The second kappa shape index (κ2) is 5.30. The Kier molecular flexibility index (Phi) is 3.75. The average molecular weight is 313 g/mol. The lowest BCUT2D eigenvalue weighted by Gasteiger charge is -2.13. The first-order valence-corrected chi connectivity index (χ1v) is 6.08. The Bertz CT molecular complexity index is 543. The van der Waals surface area contributed by atoms with Crippen LogP contribution < -0.4 is 10.1 Å². The Morgan fingerprint density at radius 2 is 2.28 bits per heavy atom. The van der Waals surface area contributed by atoms with Gasteiger partial charge in [0.15, 0.2) is 5.82 Å². The molecule has 0 spiro atoms. The normalized spacial score (nSPS) is 12.2. The maximum Gasteiger partial charge on any atom is 0.232 e. The van der Waals surface area contributed by atoms with Crippen molar-refractivity contribution < 1.29 is 4.74 Å². The summed E-state index contributed by atoms with van der Waals surface area (Å²) in [5.74, 6) is 1.77. The van der Waals surface area contributed by atoms with Crippen molar-refractivity contribution >= 4 is 21.9 Å². The maximum absolute atomic E-state index is 5.11.